The molecule has 184 valence electrons. The highest BCUT2D eigenvalue weighted by molar-refractivity contribution is 7.99. The second-order valence-electron chi connectivity index (χ2n) is 10.2. The van der Waals surface area contributed by atoms with Crippen LogP contribution in [0.2, 0.25) is 0 Å². The van der Waals surface area contributed by atoms with Gasteiger partial charge in [-0.15, -0.1) is 0 Å². The van der Waals surface area contributed by atoms with Crippen molar-refractivity contribution in [1.82, 2.24) is 15.1 Å². The molecule has 3 heterocycles. The van der Waals surface area contributed by atoms with Gasteiger partial charge in [-0.05, 0) is 56.6 Å². The van der Waals surface area contributed by atoms with Gasteiger partial charge in [-0.3, -0.25) is 4.90 Å². The Kier molecular flexibility index (Phi) is 8.47. The van der Waals surface area contributed by atoms with E-state index in [4.69, 9.17) is 4.74 Å². The SMILES string of the molecule is CN1CC[C@@]2(C)c3cc(OC(=O)NCCCCCCCCN4CCSCC4)ccc3N(C)[C@@H]12. The number of rotatable bonds is 10. The van der Waals surface area contributed by atoms with Gasteiger partial charge in [0.1, 0.15) is 5.75 Å². The van der Waals surface area contributed by atoms with E-state index < -0.39 is 0 Å². The third-order valence-electron chi connectivity index (χ3n) is 7.79. The van der Waals surface area contributed by atoms with E-state index in [1.807, 2.05) is 6.07 Å². The Balaban J connectivity index is 1.11. The standard InChI is InChI=1S/C26H42N4O2S/c1-26-12-15-28(2)24(26)29(3)23-11-10-21(20-22(23)26)32-25(31)27-13-8-6-4-5-7-9-14-30-16-18-33-19-17-30/h10-11,20,24H,4-9,12-19H2,1-3H3,(H,27,31)/t24-,26+/m1/s1. The summed E-state index contributed by atoms with van der Waals surface area (Å²) >= 11 is 2.08. The molecule has 4 rings (SSSR count). The van der Waals surface area contributed by atoms with Crippen LogP contribution in [0.5, 0.6) is 5.75 Å². The zero-order chi connectivity index (χ0) is 23.3. The highest BCUT2D eigenvalue weighted by Crippen LogP contribution is 2.51. The van der Waals surface area contributed by atoms with Gasteiger partial charge in [-0.2, -0.15) is 11.8 Å². The maximum absolute atomic E-state index is 12.3. The number of fused-ring (bicyclic) bond motifs is 3. The van der Waals surface area contributed by atoms with E-state index >= 15 is 0 Å². The highest BCUT2D eigenvalue weighted by atomic mass is 32.2. The zero-order valence-electron chi connectivity index (χ0n) is 20.8. The number of carbonyl (C=O) groups is 1. The van der Waals surface area contributed by atoms with E-state index in [0.29, 0.717) is 18.5 Å². The number of amides is 1. The molecule has 0 aromatic heterocycles. The quantitative estimate of drug-likeness (QED) is 0.503. The van der Waals surface area contributed by atoms with Gasteiger partial charge < -0.3 is 19.9 Å². The van der Waals surface area contributed by atoms with Crippen molar-refractivity contribution in [2.75, 3.05) is 63.2 Å². The Hall–Kier alpha value is -1.44. The van der Waals surface area contributed by atoms with Crippen LogP contribution in [-0.4, -0.2) is 80.4 Å². The number of nitrogens with one attached hydrogen (secondary N) is 1. The van der Waals surface area contributed by atoms with Crippen molar-refractivity contribution >= 4 is 23.5 Å². The lowest BCUT2D eigenvalue weighted by Gasteiger charge is -2.32. The fraction of sp³-hybridized carbons (Fsp3) is 0.731. The van der Waals surface area contributed by atoms with Crippen molar-refractivity contribution in [1.29, 1.82) is 0 Å². The van der Waals surface area contributed by atoms with E-state index in [0.717, 1.165) is 19.4 Å². The molecule has 33 heavy (non-hydrogen) atoms. The first kappa shape index (κ1) is 24.7. The molecule has 1 aromatic carbocycles. The zero-order valence-corrected chi connectivity index (χ0v) is 21.6. The van der Waals surface area contributed by atoms with Crippen molar-refractivity contribution < 1.29 is 9.53 Å². The molecule has 3 aliphatic rings. The Bertz CT molecular complexity index is 800. The van der Waals surface area contributed by atoms with Crippen LogP contribution in [0.1, 0.15) is 57.4 Å². The molecule has 0 radical (unpaired) electrons. The largest absolute Gasteiger partial charge is 0.412 e. The minimum Gasteiger partial charge on any atom is -0.410 e. The number of ether oxygens (including phenoxy) is 1. The molecule has 2 atom stereocenters. The summed E-state index contributed by atoms with van der Waals surface area (Å²) in [6.07, 6.45) is 8.53. The fourth-order valence-electron chi connectivity index (χ4n) is 5.94. The molecule has 1 aromatic rings. The third kappa shape index (κ3) is 5.80. The summed E-state index contributed by atoms with van der Waals surface area (Å²) in [4.78, 5) is 19.7. The molecule has 6 nitrogen and oxygen atoms in total. The summed E-state index contributed by atoms with van der Waals surface area (Å²) in [5.41, 5.74) is 2.63. The number of carbonyl (C=O) groups excluding carboxylic acids is 1. The van der Waals surface area contributed by atoms with Gasteiger partial charge in [0.2, 0.25) is 0 Å². The molecule has 1 N–H and O–H groups in total. The number of hydrogen-bond acceptors (Lipinski definition) is 6. The molecule has 0 unspecified atom stereocenters. The summed E-state index contributed by atoms with van der Waals surface area (Å²) in [5.74, 6) is 3.25. The van der Waals surface area contributed by atoms with E-state index in [2.05, 4.69) is 64.9 Å². The van der Waals surface area contributed by atoms with E-state index in [1.54, 1.807) is 0 Å². The number of likely N-dealkylation sites (tertiary alicyclic amines) is 1. The maximum Gasteiger partial charge on any atom is 0.412 e. The Morgan fingerprint density at radius 1 is 1.09 bits per heavy atom. The molecule has 0 bridgehead atoms. The van der Waals surface area contributed by atoms with Crippen LogP contribution in [0.4, 0.5) is 10.5 Å². The van der Waals surface area contributed by atoms with Gasteiger partial charge in [0.25, 0.3) is 0 Å². The van der Waals surface area contributed by atoms with Crippen molar-refractivity contribution in [3.05, 3.63) is 23.8 Å². The Labute approximate surface area is 204 Å². The average molecular weight is 475 g/mol. The highest BCUT2D eigenvalue weighted by Gasteiger charge is 2.52. The number of thioether (sulfide) groups is 1. The van der Waals surface area contributed by atoms with Gasteiger partial charge in [-0.25, -0.2) is 4.79 Å². The van der Waals surface area contributed by atoms with E-state index in [9.17, 15) is 4.79 Å². The molecule has 0 spiro atoms. The second kappa shape index (κ2) is 11.3. The summed E-state index contributed by atoms with van der Waals surface area (Å²) in [5, 5.41) is 2.93. The second-order valence-corrected chi connectivity index (χ2v) is 11.4. The Morgan fingerprint density at radius 3 is 2.61 bits per heavy atom. The van der Waals surface area contributed by atoms with Gasteiger partial charge in [0.05, 0.1) is 6.17 Å². The fourth-order valence-corrected chi connectivity index (χ4v) is 6.92. The summed E-state index contributed by atoms with van der Waals surface area (Å²) in [6.45, 7) is 7.92. The number of anilines is 1. The van der Waals surface area contributed by atoms with Gasteiger partial charge in [0.15, 0.2) is 0 Å². The lowest BCUT2D eigenvalue weighted by atomic mass is 9.81. The van der Waals surface area contributed by atoms with Gasteiger partial charge >= 0.3 is 6.09 Å². The first-order valence-corrected chi connectivity index (χ1v) is 14.0. The predicted octanol–water partition coefficient (Wildman–Crippen LogP) is 4.53. The molecule has 2 saturated heterocycles. The smallest absolute Gasteiger partial charge is 0.410 e. The van der Waals surface area contributed by atoms with E-state index in [1.165, 1.54) is 74.5 Å². The number of hydrogen-bond donors (Lipinski definition) is 1. The molecule has 3 aliphatic heterocycles. The molecular weight excluding hydrogens is 432 g/mol. The molecule has 1 amide bonds. The van der Waals surface area contributed by atoms with E-state index in [-0.39, 0.29) is 11.5 Å². The normalized spacial score (nSPS) is 25.2. The lowest BCUT2D eigenvalue weighted by Crippen LogP contribution is -2.45. The number of likely N-dealkylation sites (N-methyl/N-ethyl adjacent to an activating group) is 2. The molecular formula is C26H42N4O2S. The minimum atomic E-state index is -0.341. The average Bonchev–Trinajstić information content (AvgIpc) is 3.24. The van der Waals surface area contributed by atoms with Crippen molar-refractivity contribution in [2.45, 2.75) is 63.5 Å². The van der Waals surface area contributed by atoms with Crippen LogP contribution in [-0.2, 0) is 5.41 Å². The van der Waals surface area contributed by atoms with Crippen molar-refractivity contribution in [3.8, 4) is 5.75 Å². The van der Waals surface area contributed by atoms with Crippen molar-refractivity contribution in [2.24, 2.45) is 0 Å². The molecule has 2 fully saturated rings. The monoisotopic (exact) mass is 474 g/mol. The first-order chi connectivity index (χ1) is 16.0. The summed E-state index contributed by atoms with van der Waals surface area (Å²) in [6, 6.07) is 6.09. The van der Waals surface area contributed by atoms with Crippen molar-refractivity contribution in [3.63, 3.8) is 0 Å². The molecule has 0 aliphatic carbocycles. The summed E-state index contributed by atoms with van der Waals surface area (Å²) in [7, 11) is 4.36. The lowest BCUT2D eigenvalue weighted by molar-refractivity contribution is 0.200. The van der Waals surface area contributed by atoms with Crippen LogP contribution < -0.4 is 15.0 Å². The van der Waals surface area contributed by atoms with Crippen LogP contribution in [0.15, 0.2) is 18.2 Å². The number of nitrogens with zero attached hydrogens (tertiary/aromatic N) is 3. The topological polar surface area (TPSA) is 48.1 Å². The Morgan fingerprint density at radius 2 is 1.82 bits per heavy atom. The van der Waals surface area contributed by atoms with Gasteiger partial charge in [0, 0.05) is 55.8 Å². The third-order valence-corrected chi connectivity index (χ3v) is 8.73. The predicted molar refractivity (Wildman–Crippen MR) is 139 cm³/mol. The van der Waals surface area contributed by atoms with Gasteiger partial charge in [-0.1, -0.05) is 32.6 Å². The molecule has 7 heteroatoms. The van der Waals surface area contributed by atoms with Crippen LogP contribution in [0.3, 0.4) is 0 Å². The maximum atomic E-state index is 12.3. The summed E-state index contributed by atoms with van der Waals surface area (Å²) < 4.78 is 5.62. The first-order valence-electron chi connectivity index (χ1n) is 12.8. The number of benzene rings is 1. The van der Waals surface area contributed by atoms with Crippen LogP contribution in [0.25, 0.3) is 0 Å². The molecule has 0 saturated carbocycles. The number of unbranched alkanes of at least 4 members (excludes halogenated alkanes) is 5. The van der Waals surface area contributed by atoms with Crippen LogP contribution >= 0.6 is 11.8 Å². The minimum absolute atomic E-state index is 0.0848. The van der Waals surface area contributed by atoms with Crippen LogP contribution in [0, 0.1) is 0 Å².